The summed E-state index contributed by atoms with van der Waals surface area (Å²) in [5.74, 6) is -0.0176. The van der Waals surface area contributed by atoms with Crippen LogP contribution in [0.15, 0.2) is 6.20 Å². The van der Waals surface area contributed by atoms with Crippen molar-refractivity contribution in [3.8, 4) is 0 Å². The zero-order chi connectivity index (χ0) is 12.3. The van der Waals surface area contributed by atoms with Crippen molar-refractivity contribution in [3.05, 3.63) is 11.9 Å². The van der Waals surface area contributed by atoms with Gasteiger partial charge in [0.15, 0.2) is 0 Å². The molecule has 0 aliphatic rings. The standard InChI is InChI=1S/C10H19N5O2/c1-11-10(16)8-12-4-6-17-5-2-3-9-7-13-15-14-9/h7,12H,2-6,8H2,1H3,(H,11,16)(H,13,14,15). The maximum absolute atomic E-state index is 10.8. The fourth-order valence-corrected chi connectivity index (χ4v) is 1.24. The lowest BCUT2D eigenvalue weighted by Crippen LogP contribution is -2.33. The number of nitrogens with one attached hydrogen (secondary N) is 3. The van der Waals surface area contributed by atoms with Crippen LogP contribution in [0.5, 0.6) is 0 Å². The zero-order valence-corrected chi connectivity index (χ0v) is 10.0. The van der Waals surface area contributed by atoms with E-state index in [1.807, 2.05) is 0 Å². The van der Waals surface area contributed by atoms with Crippen molar-refractivity contribution >= 4 is 5.91 Å². The summed E-state index contributed by atoms with van der Waals surface area (Å²) in [7, 11) is 1.62. The Kier molecular flexibility index (Phi) is 6.92. The van der Waals surface area contributed by atoms with Gasteiger partial charge in [0.25, 0.3) is 0 Å². The van der Waals surface area contributed by atoms with Gasteiger partial charge in [-0.25, -0.2) is 0 Å². The van der Waals surface area contributed by atoms with Gasteiger partial charge in [-0.1, -0.05) is 5.21 Å². The highest BCUT2D eigenvalue weighted by molar-refractivity contribution is 5.77. The Labute approximate surface area is 100 Å². The third-order valence-corrected chi connectivity index (χ3v) is 2.18. The predicted octanol–water partition coefficient (Wildman–Crippen LogP) is -0.910. The SMILES string of the molecule is CNC(=O)CNCCOCCCc1c[nH]nn1. The molecule has 0 unspecified atom stereocenters. The van der Waals surface area contributed by atoms with E-state index in [1.165, 1.54) is 0 Å². The number of ether oxygens (including phenoxy) is 1. The van der Waals surface area contributed by atoms with Crippen LogP contribution >= 0.6 is 0 Å². The Bertz CT molecular complexity index is 302. The van der Waals surface area contributed by atoms with Crippen molar-refractivity contribution < 1.29 is 9.53 Å². The Morgan fingerprint density at radius 3 is 3.12 bits per heavy atom. The summed E-state index contributed by atoms with van der Waals surface area (Å²) in [4.78, 5) is 10.8. The summed E-state index contributed by atoms with van der Waals surface area (Å²) in [6.45, 7) is 2.31. The molecule has 0 bridgehead atoms. The number of likely N-dealkylation sites (N-methyl/N-ethyl adjacent to an activating group) is 1. The molecule has 1 aromatic rings. The van der Waals surface area contributed by atoms with Gasteiger partial charge in [0.2, 0.25) is 5.91 Å². The first-order valence-corrected chi connectivity index (χ1v) is 5.67. The molecule has 1 heterocycles. The lowest BCUT2D eigenvalue weighted by Gasteiger charge is -2.05. The Morgan fingerprint density at radius 1 is 1.53 bits per heavy atom. The average molecular weight is 241 g/mol. The minimum Gasteiger partial charge on any atom is -0.380 e. The number of hydrogen-bond acceptors (Lipinski definition) is 5. The molecule has 0 saturated heterocycles. The smallest absolute Gasteiger partial charge is 0.233 e. The van der Waals surface area contributed by atoms with Gasteiger partial charge in [0, 0.05) is 26.4 Å². The third-order valence-electron chi connectivity index (χ3n) is 2.18. The van der Waals surface area contributed by atoms with E-state index in [0.717, 1.165) is 18.5 Å². The first-order chi connectivity index (χ1) is 8.33. The highest BCUT2D eigenvalue weighted by Crippen LogP contribution is 1.95. The van der Waals surface area contributed by atoms with Crippen molar-refractivity contribution in [1.29, 1.82) is 0 Å². The number of aromatic nitrogens is 3. The molecular formula is C10H19N5O2. The normalized spacial score (nSPS) is 10.4. The van der Waals surface area contributed by atoms with Crippen molar-refractivity contribution in [2.75, 3.05) is 33.4 Å². The molecule has 17 heavy (non-hydrogen) atoms. The minimum atomic E-state index is -0.0176. The number of rotatable bonds is 9. The summed E-state index contributed by atoms with van der Waals surface area (Å²) in [6.07, 6.45) is 3.56. The number of amides is 1. The molecule has 0 atom stereocenters. The van der Waals surface area contributed by atoms with Gasteiger partial charge in [-0.2, -0.15) is 0 Å². The molecule has 0 aromatic carbocycles. The number of aromatic amines is 1. The second kappa shape index (κ2) is 8.66. The number of nitrogens with zero attached hydrogens (tertiary/aromatic N) is 2. The van der Waals surface area contributed by atoms with Crippen LogP contribution < -0.4 is 10.6 Å². The lowest BCUT2D eigenvalue weighted by atomic mass is 10.3. The molecule has 1 rings (SSSR count). The van der Waals surface area contributed by atoms with Crippen LogP contribution in [0, 0.1) is 0 Å². The number of carbonyl (C=O) groups excluding carboxylic acids is 1. The van der Waals surface area contributed by atoms with Crippen LogP contribution in [0.1, 0.15) is 12.1 Å². The summed E-state index contributed by atoms with van der Waals surface area (Å²) in [5, 5.41) is 15.7. The predicted molar refractivity (Wildman–Crippen MR) is 62.5 cm³/mol. The van der Waals surface area contributed by atoms with E-state index in [-0.39, 0.29) is 5.91 Å². The molecule has 96 valence electrons. The van der Waals surface area contributed by atoms with E-state index in [1.54, 1.807) is 13.2 Å². The van der Waals surface area contributed by atoms with Crippen LogP contribution in [0.4, 0.5) is 0 Å². The summed E-state index contributed by atoms with van der Waals surface area (Å²) in [5.41, 5.74) is 0.950. The maximum Gasteiger partial charge on any atom is 0.233 e. The zero-order valence-electron chi connectivity index (χ0n) is 10.0. The largest absolute Gasteiger partial charge is 0.380 e. The van der Waals surface area contributed by atoms with Crippen LogP contribution in [-0.2, 0) is 16.0 Å². The molecule has 0 radical (unpaired) electrons. The van der Waals surface area contributed by atoms with Gasteiger partial charge < -0.3 is 15.4 Å². The second-order valence-corrected chi connectivity index (χ2v) is 3.53. The van der Waals surface area contributed by atoms with E-state index in [2.05, 4.69) is 26.0 Å². The molecule has 0 aliphatic heterocycles. The van der Waals surface area contributed by atoms with Crippen LogP contribution in [0.3, 0.4) is 0 Å². The molecule has 1 aromatic heterocycles. The fourth-order valence-electron chi connectivity index (χ4n) is 1.24. The highest BCUT2D eigenvalue weighted by atomic mass is 16.5. The van der Waals surface area contributed by atoms with Gasteiger partial charge >= 0.3 is 0 Å². The van der Waals surface area contributed by atoms with Gasteiger partial charge in [0.05, 0.1) is 18.8 Å². The monoisotopic (exact) mass is 241 g/mol. The topological polar surface area (TPSA) is 91.9 Å². The molecule has 0 aliphatic carbocycles. The molecule has 7 nitrogen and oxygen atoms in total. The summed E-state index contributed by atoms with van der Waals surface area (Å²) >= 11 is 0. The van der Waals surface area contributed by atoms with E-state index >= 15 is 0 Å². The number of carbonyl (C=O) groups is 1. The number of hydrogen-bond donors (Lipinski definition) is 3. The van der Waals surface area contributed by atoms with Crippen molar-refractivity contribution in [1.82, 2.24) is 26.0 Å². The Hall–Kier alpha value is -1.47. The number of aryl methyl sites for hydroxylation is 1. The van der Waals surface area contributed by atoms with Crippen molar-refractivity contribution in [2.45, 2.75) is 12.8 Å². The minimum absolute atomic E-state index is 0.0176. The molecule has 0 saturated carbocycles. The quantitative estimate of drug-likeness (QED) is 0.487. The van der Waals surface area contributed by atoms with Crippen LogP contribution in [0.2, 0.25) is 0 Å². The van der Waals surface area contributed by atoms with Gasteiger partial charge in [-0.15, -0.1) is 5.10 Å². The maximum atomic E-state index is 10.8. The van der Waals surface area contributed by atoms with Crippen molar-refractivity contribution in [3.63, 3.8) is 0 Å². The molecule has 0 spiro atoms. The highest BCUT2D eigenvalue weighted by Gasteiger charge is 1.97. The molecule has 3 N–H and O–H groups in total. The molecule has 7 heteroatoms. The molecule has 0 fully saturated rings. The first kappa shape index (κ1) is 13.6. The van der Waals surface area contributed by atoms with Gasteiger partial charge in [-0.05, 0) is 12.8 Å². The van der Waals surface area contributed by atoms with E-state index in [9.17, 15) is 4.79 Å². The Balaban J connectivity index is 1.83. The first-order valence-electron chi connectivity index (χ1n) is 5.67. The Morgan fingerprint density at radius 2 is 2.41 bits per heavy atom. The lowest BCUT2D eigenvalue weighted by molar-refractivity contribution is -0.119. The molecular weight excluding hydrogens is 222 g/mol. The second-order valence-electron chi connectivity index (χ2n) is 3.53. The van der Waals surface area contributed by atoms with E-state index < -0.39 is 0 Å². The van der Waals surface area contributed by atoms with Gasteiger partial charge in [-0.3, -0.25) is 9.89 Å². The summed E-state index contributed by atoms with van der Waals surface area (Å²) in [6, 6.07) is 0. The van der Waals surface area contributed by atoms with Crippen LogP contribution in [0.25, 0.3) is 0 Å². The van der Waals surface area contributed by atoms with Gasteiger partial charge in [0.1, 0.15) is 0 Å². The van der Waals surface area contributed by atoms with Crippen molar-refractivity contribution in [2.24, 2.45) is 0 Å². The number of H-pyrrole nitrogens is 1. The van der Waals surface area contributed by atoms with E-state index in [4.69, 9.17) is 4.74 Å². The third kappa shape index (κ3) is 6.64. The average Bonchev–Trinajstić information content (AvgIpc) is 2.85. The summed E-state index contributed by atoms with van der Waals surface area (Å²) < 4.78 is 5.39. The molecule has 1 amide bonds. The fraction of sp³-hybridized carbons (Fsp3) is 0.700. The van der Waals surface area contributed by atoms with Crippen LogP contribution in [-0.4, -0.2) is 54.7 Å². The van der Waals surface area contributed by atoms with E-state index in [0.29, 0.717) is 26.3 Å².